The molecule has 31 heavy (non-hydrogen) atoms. The third-order valence-corrected chi connectivity index (χ3v) is 7.25. The van der Waals surface area contributed by atoms with Gasteiger partial charge in [-0.2, -0.15) is 0 Å². The molecular formula is C22H24FN5OS2. The predicted octanol–water partition coefficient (Wildman–Crippen LogP) is 4.42. The lowest BCUT2D eigenvalue weighted by Crippen LogP contribution is -2.49. The number of hydrogen-bond acceptors (Lipinski definition) is 7. The molecule has 0 radical (unpaired) electrons. The Morgan fingerprint density at radius 3 is 2.65 bits per heavy atom. The zero-order chi connectivity index (χ0) is 21.6. The second-order valence-corrected chi connectivity index (χ2v) is 9.50. The molecule has 6 nitrogen and oxygen atoms in total. The van der Waals surface area contributed by atoms with Crippen molar-refractivity contribution in [2.24, 2.45) is 0 Å². The van der Waals surface area contributed by atoms with Gasteiger partial charge in [-0.1, -0.05) is 59.5 Å². The largest absolute Gasteiger partial charge is 0.339 e. The van der Waals surface area contributed by atoms with Crippen LogP contribution in [0.25, 0.3) is 0 Å². The van der Waals surface area contributed by atoms with Gasteiger partial charge in [0.25, 0.3) is 0 Å². The summed E-state index contributed by atoms with van der Waals surface area (Å²) in [6, 6.07) is 17.0. The van der Waals surface area contributed by atoms with E-state index in [1.165, 1.54) is 40.8 Å². The SMILES string of the molecule is CC(c1ccccc1)N1CCN(C(=O)CSc2nnc(Nc3cccc(F)c3)s2)CC1. The molecule has 4 rings (SSSR count). The minimum Gasteiger partial charge on any atom is -0.339 e. The number of aromatic nitrogens is 2. The van der Waals surface area contributed by atoms with Crippen molar-refractivity contribution in [2.75, 3.05) is 37.2 Å². The van der Waals surface area contributed by atoms with E-state index in [9.17, 15) is 9.18 Å². The zero-order valence-corrected chi connectivity index (χ0v) is 18.8. The molecule has 1 saturated heterocycles. The summed E-state index contributed by atoms with van der Waals surface area (Å²) in [5.74, 6) is 0.142. The van der Waals surface area contributed by atoms with Gasteiger partial charge in [-0.3, -0.25) is 9.69 Å². The highest BCUT2D eigenvalue weighted by Gasteiger charge is 2.24. The summed E-state index contributed by atoms with van der Waals surface area (Å²) in [6.07, 6.45) is 0. The number of thioether (sulfide) groups is 1. The summed E-state index contributed by atoms with van der Waals surface area (Å²) in [6.45, 7) is 5.42. The summed E-state index contributed by atoms with van der Waals surface area (Å²) in [4.78, 5) is 17.0. The fourth-order valence-electron chi connectivity index (χ4n) is 3.52. The van der Waals surface area contributed by atoms with Crippen LogP contribution in [-0.2, 0) is 4.79 Å². The maximum Gasteiger partial charge on any atom is 0.233 e. The number of nitrogens with zero attached hydrogens (tertiary/aromatic N) is 4. The molecule has 2 aromatic carbocycles. The number of anilines is 2. The molecule has 0 saturated carbocycles. The number of hydrogen-bond donors (Lipinski definition) is 1. The minimum atomic E-state index is -0.312. The highest BCUT2D eigenvalue weighted by molar-refractivity contribution is 8.01. The average Bonchev–Trinajstić information content (AvgIpc) is 3.25. The van der Waals surface area contributed by atoms with Crippen LogP contribution >= 0.6 is 23.1 Å². The average molecular weight is 458 g/mol. The lowest BCUT2D eigenvalue weighted by atomic mass is 10.1. The molecule has 1 aliphatic heterocycles. The van der Waals surface area contributed by atoms with E-state index in [-0.39, 0.29) is 11.7 Å². The first-order chi connectivity index (χ1) is 15.1. The fourth-order valence-corrected chi connectivity index (χ4v) is 5.20. The first kappa shape index (κ1) is 21.7. The number of halogens is 1. The number of rotatable bonds is 7. The summed E-state index contributed by atoms with van der Waals surface area (Å²) >= 11 is 2.74. The number of piperazine rings is 1. The third kappa shape index (κ3) is 5.81. The van der Waals surface area contributed by atoms with Crippen LogP contribution in [0.15, 0.2) is 58.9 Å². The summed E-state index contributed by atoms with van der Waals surface area (Å²) in [7, 11) is 0. The number of amides is 1. The molecule has 0 aliphatic carbocycles. The molecular weight excluding hydrogens is 433 g/mol. The van der Waals surface area contributed by atoms with Crippen LogP contribution < -0.4 is 5.32 Å². The maximum atomic E-state index is 13.3. The Labute approximate surface area is 189 Å². The van der Waals surface area contributed by atoms with Crippen molar-refractivity contribution in [3.8, 4) is 0 Å². The highest BCUT2D eigenvalue weighted by atomic mass is 32.2. The van der Waals surface area contributed by atoms with E-state index in [1.807, 2.05) is 11.0 Å². The van der Waals surface area contributed by atoms with Gasteiger partial charge >= 0.3 is 0 Å². The number of carbonyl (C=O) groups is 1. The second kappa shape index (κ2) is 10.2. The molecule has 3 aromatic rings. The Kier molecular flexibility index (Phi) is 7.16. The van der Waals surface area contributed by atoms with Gasteiger partial charge in [0, 0.05) is 37.9 Å². The molecule has 1 N–H and O–H groups in total. The van der Waals surface area contributed by atoms with E-state index >= 15 is 0 Å². The quantitative estimate of drug-likeness (QED) is 0.530. The van der Waals surface area contributed by atoms with E-state index in [4.69, 9.17) is 0 Å². The molecule has 1 amide bonds. The molecule has 2 heterocycles. The fraction of sp³-hybridized carbons (Fsp3) is 0.318. The first-order valence-electron chi connectivity index (χ1n) is 10.1. The molecule has 1 unspecified atom stereocenters. The van der Waals surface area contributed by atoms with Gasteiger partial charge in [0.05, 0.1) is 5.75 Å². The number of nitrogens with one attached hydrogen (secondary N) is 1. The van der Waals surface area contributed by atoms with Crippen molar-refractivity contribution in [3.63, 3.8) is 0 Å². The van der Waals surface area contributed by atoms with Crippen LogP contribution in [0.5, 0.6) is 0 Å². The molecule has 1 fully saturated rings. The first-order valence-corrected chi connectivity index (χ1v) is 11.9. The highest BCUT2D eigenvalue weighted by Crippen LogP contribution is 2.28. The van der Waals surface area contributed by atoms with Crippen molar-refractivity contribution < 1.29 is 9.18 Å². The molecule has 1 aromatic heterocycles. The monoisotopic (exact) mass is 457 g/mol. The normalized spacial score (nSPS) is 15.6. The summed E-state index contributed by atoms with van der Waals surface area (Å²) in [5, 5.41) is 11.8. The van der Waals surface area contributed by atoms with E-state index in [1.54, 1.807) is 12.1 Å². The molecule has 0 bridgehead atoms. The van der Waals surface area contributed by atoms with Crippen LogP contribution in [0.2, 0.25) is 0 Å². The van der Waals surface area contributed by atoms with Gasteiger partial charge in [0.15, 0.2) is 4.34 Å². The van der Waals surface area contributed by atoms with Crippen molar-refractivity contribution in [2.45, 2.75) is 17.3 Å². The van der Waals surface area contributed by atoms with Gasteiger partial charge in [-0.15, -0.1) is 10.2 Å². The van der Waals surface area contributed by atoms with Gasteiger partial charge < -0.3 is 10.2 Å². The topological polar surface area (TPSA) is 61.4 Å². The van der Waals surface area contributed by atoms with Crippen molar-refractivity contribution in [3.05, 3.63) is 66.0 Å². The standard InChI is InChI=1S/C22H24FN5OS2/c1-16(17-6-3-2-4-7-17)27-10-12-28(13-11-27)20(29)15-30-22-26-25-21(31-22)24-19-9-5-8-18(23)14-19/h2-9,14,16H,10-13,15H2,1H3,(H,24,25). The lowest BCUT2D eigenvalue weighted by molar-refractivity contribution is -0.130. The van der Waals surface area contributed by atoms with E-state index in [0.717, 1.165) is 26.2 Å². The Bertz CT molecular complexity index is 1010. The molecule has 1 aliphatic rings. The smallest absolute Gasteiger partial charge is 0.233 e. The molecule has 1 atom stereocenters. The van der Waals surface area contributed by atoms with Crippen LogP contribution in [-0.4, -0.2) is 57.8 Å². The van der Waals surface area contributed by atoms with Gasteiger partial charge in [-0.25, -0.2) is 4.39 Å². The van der Waals surface area contributed by atoms with Crippen LogP contribution in [0.4, 0.5) is 15.2 Å². The van der Waals surface area contributed by atoms with E-state index < -0.39 is 0 Å². The Hall–Kier alpha value is -2.49. The molecule has 162 valence electrons. The number of benzene rings is 2. The number of carbonyl (C=O) groups excluding carboxylic acids is 1. The minimum absolute atomic E-state index is 0.117. The van der Waals surface area contributed by atoms with Crippen molar-refractivity contribution in [1.82, 2.24) is 20.0 Å². The van der Waals surface area contributed by atoms with Crippen molar-refractivity contribution in [1.29, 1.82) is 0 Å². The van der Waals surface area contributed by atoms with Crippen LogP contribution in [0.3, 0.4) is 0 Å². The van der Waals surface area contributed by atoms with Gasteiger partial charge in [0.1, 0.15) is 5.82 Å². The Morgan fingerprint density at radius 1 is 1.13 bits per heavy atom. The van der Waals surface area contributed by atoms with Crippen LogP contribution in [0.1, 0.15) is 18.5 Å². The summed E-state index contributed by atoms with van der Waals surface area (Å²) in [5.41, 5.74) is 1.92. The molecule has 9 heteroatoms. The summed E-state index contributed by atoms with van der Waals surface area (Å²) < 4.78 is 14.0. The molecule has 0 spiro atoms. The zero-order valence-electron chi connectivity index (χ0n) is 17.2. The Morgan fingerprint density at radius 2 is 1.90 bits per heavy atom. The third-order valence-electron chi connectivity index (χ3n) is 5.30. The van der Waals surface area contributed by atoms with E-state index in [2.05, 4.69) is 51.6 Å². The van der Waals surface area contributed by atoms with Gasteiger partial charge in [-0.05, 0) is 30.7 Å². The maximum absolute atomic E-state index is 13.3. The predicted molar refractivity (Wildman–Crippen MR) is 123 cm³/mol. The van der Waals surface area contributed by atoms with Crippen molar-refractivity contribution >= 4 is 39.8 Å². The van der Waals surface area contributed by atoms with E-state index in [0.29, 0.717) is 27.0 Å². The Balaban J connectivity index is 1.23. The van der Waals surface area contributed by atoms with Crippen LogP contribution in [0, 0.1) is 5.82 Å². The van der Waals surface area contributed by atoms with Gasteiger partial charge in [0.2, 0.25) is 11.0 Å². The second-order valence-electron chi connectivity index (χ2n) is 7.30. The lowest BCUT2D eigenvalue weighted by Gasteiger charge is -2.38.